The number of benzene rings is 4. The van der Waals surface area contributed by atoms with Gasteiger partial charge in [-0.15, -0.1) is 0 Å². The quantitative estimate of drug-likeness (QED) is 0.401. The van der Waals surface area contributed by atoms with Crippen molar-refractivity contribution < 1.29 is 17.4 Å². The summed E-state index contributed by atoms with van der Waals surface area (Å²) in [5.41, 5.74) is 1.70. The lowest BCUT2D eigenvalue weighted by atomic mass is 9.83. The van der Waals surface area contributed by atoms with E-state index >= 15 is 0 Å². The summed E-state index contributed by atoms with van der Waals surface area (Å²) >= 11 is 0. The van der Waals surface area contributed by atoms with E-state index < -0.39 is 26.2 Å². The SMILES string of the molecule is CS(=O)c1ccc(C2(c3ccc(S(C)(=O)=O)cc3)C=Cc3c(ccc4ccccc34)O2)cc1. The summed E-state index contributed by atoms with van der Waals surface area (Å²) in [5.74, 6) is 0.742. The Morgan fingerprint density at radius 2 is 1.45 bits per heavy atom. The molecule has 0 saturated heterocycles. The highest BCUT2D eigenvalue weighted by Gasteiger charge is 2.37. The van der Waals surface area contributed by atoms with E-state index in [1.165, 1.54) is 6.26 Å². The minimum atomic E-state index is -3.32. The van der Waals surface area contributed by atoms with E-state index in [-0.39, 0.29) is 4.90 Å². The monoisotopic (exact) mass is 474 g/mol. The third kappa shape index (κ3) is 3.79. The van der Waals surface area contributed by atoms with Crippen LogP contribution in [0.4, 0.5) is 0 Å². The number of sulfone groups is 1. The molecule has 4 aromatic rings. The largest absolute Gasteiger partial charge is 0.473 e. The molecule has 0 saturated carbocycles. The molecule has 2 unspecified atom stereocenters. The maximum Gasteiger partial charge on any atom is 0.178 e. The standard InChI is InChI=1S/C27H22O4S2/c1-32(28)22-12-8-20(9-13-22)27(21-10-14-23(15-11-21)33(2,29)30)18-17-25-24-6-4-3-5-19(24)7-16-26(25)31-27/h3-18H,1-2H3. The summed E-state index contributed by atoms with van der Waals surface area (Å²) in [6.45, 7) is 0. The van der Waals surface area contributed by atoms with E-state index in [0.717, 1.165) is 38.1 Å². The van der Waals surface area contributed by atoms with Crippen LogP contribution in [-0.2, 0) is 26.2 Å². The van der Waals surface area contributed by atoms with Gasteiger partial charge in [0, 0.05) is 44.9 Å². The molecule has 5 rings (SSSR count). The lowest BCUT2D eigenvalue weighted by molar-refractivity contribution is 0.161. The van der Waals surface area contributed by atoms with E-state index in [4.69, 9.17) is 4.74 Å². The molecule has 0 amide bonds. The number of ether oxygens (including phenoxy) is 1. The van der Waals surface area contributed by atoms with E-state index in [1.54, 1.807) is 30.5 Å². The van der Waals surface area contributed by atoms with Crippen LogP contribution in [-0.4, -0.2) is 25.1 Å². The molecule has 33 heavy (non-hydrogen) atoms. The van der Waals surface area contributed by atoms with Crippen LogP contribution in [0.5, 0.6) is 5.75 Å². The molecule has 0 radical (unpaired) electrons. The zero-order valence-corrected chi connectivity index (χ0v) is 19.8. The van der Waals surface area contributed by atoms with Crippen LogP contribution in [0.25, 0.3) is 16.8 Å². The molecule has 0 aliphatic carbocycles. The molecule has 0 spiro atoms. The lowest BCUT2D eigenvalue weighted by Crippen LogP contribution is -2.34. The lowest BCUT2D eigenvalue weighted by Gasteiger charge is -2.36. The molecular formula is C27H22O4S2. The van der Waals surface area contributed by atoms with Crippen LogP contribution in [0.1, 0.15) is 16.7 Å². The molecule has 0 fully saturated rings. The smallest absolute Gasteiger partial charge is 0.178 e. The highest BCUT2D eigenvalue weighted by Crippen LogP contribution is 2.44. The maximum atomic E-state index is 12.0. The van der Waals surface area contributed by atoms with Gasteiger partial charge in [-0.05, 0) is 53.3 Å². The fourth-order valence-corrected chi connectivity index (χ4v) is 5.42. The fourth-order valence-electron chi connectivity index (χ4n) is 4.27. The fraction of sp³-hybridized carbons (Fsp3) is 0.111. The average Bonchev–Trinajstić information content (AvgIpc) is 2.83. The molecule has 0 N–H and O–H groups in total. The highest BCUT2D eigenvalue weighted by atomic mass is 32.2. The molecular weight excluding hydrogens is 452 g/mol. The molecule has 166 valence electrons. The number of rotatable bonds is 4. The van der Waals surface area contributed by atoms with E-state index in [2.05, 4.69) is 18.2 Å². The van der Waals surface area contributed by atoms with Gasteiger partial charge in [0.25, 0.3) is 0 Å². The van der Waals surface area contributed by atoms with Gasteiger partial charge in [0.1, 0.15) is 5.75 Å². The van der Waals surface area contributed by atoms with Crippen molar-refractivity contribution >= 4 is 37.5 Å². The van der Waals surface area contributed by atoms with E-state index in [9.17, 15) is 12.6 Å². The molecule has 1 aliphatic rings. The molecule has 0 bridgehead atoms. The van der Waals surface area contributed by atoms with Crippen LogP contribution in [0.2, 0.25) is 0 Å². The second kappa shape index (κ2) is 7.97. The van der Waals surface area contributed by atoms with Crippen molar-refractivity contribution in [2.75, 3.05) is 12.5 Å². The topological polar surface area (TPSA) is 60.4 Å². The second-order valence-electron chi connectivity index (χ2n) is 8.14. The van der Waals surface area contributed by atoms with Gasteiger partial charge >= 0.3 is 0 Å². The van der Waals surface area contributed by atoms with Gasteiger partial charge in [-0.1, -0.05) is 54.6 Å². The van der Waals surface area contributed by atoms with Crippen molar-refractivity contribution in [2.45, 2.75) is 15.4 Å². The van der Waals surface area contributed by atoms with Crippen molar-refractivity contribution in [2.24, 2.45) is 0 Å². The minimum absolute atomic E-state index is 0.254. The van der Waals surface area contributed by atoms with Crippen LogP contribution >= 0.6 is 0 Å². The summed E-state index contributed by atoms with van der Waals surface area (Å²) in [6.07, 6.45) is 6.92. The molecule has 0 aromatic heterocycles. The summed E-state index contributed by atoms with van der Waals surface area (Å²) in [6, 6.07) is 26.5. The molecule has 1 aliphatic heterocycles. The Morgan fingerprint density at radius 3 is 2.09 bits per heavy atom. The number of fused-ring (bicyclic) bond motifs is 3. The van der Waals surface area contributed by atoms with Gasteiger partial charge in [0.05, 0.1) is 4.90 Å². The molecule has 4 aromatic carbocycles. The third-order valence-electron chi connectivity index (χ3n) is 6.01. The third-order valence-corrected chi connectivity index (χ3v) is 8.08. The first-order chi connectivity index (χ1) is 15.8. The Morgan fingerprint density at radius 1 is 0.818 bits per heavy atom. The highest BCUT2D eigenvalue weighted by molar-refractivity contribution is 7.90. The summed E-state index contributed by atoms with van der Waals surface area (Å²) in [7, 11) is -4.41. The zero-order chi connectivity index (χ0) is 23.2. The Hall–Kier alpha value is -3.22. The molecule has 1 heterocycles. The number of hydrogen-bond donors (Lipinski definition) is 0. The summed E-state index contributed by atoms with van der Waals surface area (Å²) < 4.78 is 42.6. The Kier molecular flexibility index (Phi) is 5.22. The zero-order valence-electron chi connectivity index (χ0n) is 18.2. The van der Waals surface area contributed by atoms with Crippen LogP contribution in [0.3, 0.4) is 0 Å². The predicted octanol–water partition coefficient (Wildman–Crippen LogP) is 5.33. The Labute approximate surface area is 195 Å². The molecule has 6 heteroatoms. The molecule has 4 nitrogen and oxygen atoms in total. The second-order valence-corrected chi connectivity index (χ2v) is 11.5. The maximum absolute atomic E-state index is 12.0. The summed E-state index contributed by atoms with van der Waals surface area (Å²) in [5, 5.41) is 2.23. The Balaban J connectivity index is 1.70. The van der Waals surface area contributed by atoms with Crippen molar-refractivity contribution in [1.82, 2.24) is 0 Å². The van der Waals surface area contributed by atoms with E-state index in [0.29, 0.717) is 0 Å². The van der Waals surface area contributed by atoms with Gasteiger partial charge in [-0.25, -0.2) is 8.42 Å². The van der Waals surface area contributed by atoms with Gasteiger partial charge in [0.15, 0.2) is 15.4 Å². The van der Waals surface area contributed by atoms with Gasteiger partial charge in [-0.2, -0.15) is 0 Å². The van der Waals surface area contributed by atoms with Crippen LogP contribution in [0, 0.1) is 0 Å². The van der Waals surface area contributed by atoms with E-state index in [1.807, 2.05) is 54.6 Å². The summed E-state index contributed by atoms with van der Waals surface area (Å²) in [4.78, 5) is 0.983. The number of hydrogen-bond acceptors (Lipinski definition) is 4. The normalized spacial score (nSPS) is 18.5. The average molecular weight is 475 g/mol. The first-order valence-corrected chi connectivity index (χ1v) is 13.9. The van der Waals surface area contributed by atoms with Crippen LogP contribution < -0.4 is 4.74 Å². The minimum Gasteiger partial charge on any atom is -0.473 e. The Bertz CT molecular complexity index is 1520. The van der Waals surface area contributed by atoms with Gasteiger partial charge in [-0.3, -0.25) is 4.21 Å². The first kappa shape index (κ1) is 21.6. The van der Waals surface area contributed by atoms with Crippen molar-refractivity contribution in [3.63, 3.8) is 0 Å². The predicted molar refractivity (Wildman–Crippen MR) is 133 cm³/mol. The van der Waals surface area contributed by atoms with Gasteiger partial charge < -0.3 is 4.74 Å². The van der Waals surface area contributed by atoms with Crippen LogP contribution in [0.15, 0.2) is 101 Å². The molecule has 2 atom stereocenters. The van der Waals surface area contributed by atoms with Crippen molar-refractivity contribution in [3.05, 3.63) is 108 Å². The van der Waals surface area contributed by atoms with Gasteiger partial charge in [0.2, 0.25) is 0 Å². The first-order valence-electron chi connectivity index (χ1n) is 10.4. The van der Waals surface area contributed by atoms with Crippen molar-refractivity contribution in [1.29, 1.82) is 0 Å². The van der Waals surface area contributed by atoms with Crippen molar-refractivity contribution in [3.8, 4) is 5.75 Å².